The van der Waals surface area contributed by atoms with Crippen LogP contribution in [0.1, 0.15) is 18.1 Å². The van der Waals surface area contributed by atoms with Gasteiger partial charge in [0.2, 0.25) is 0 Å². The van der Waals surface area contributed by atoms with E-state index in [0.29, 0.717) is 11.4 Å². The highest BCUT2D eigenvalue weighted by Gasteiger charge is 2.28. The minimum Gasteiger partial charge on any atom is -0.497 e. The average molecular weight is 399 g/mol. The Morgan fingerprint density at radius 2 is 1.86 bits per heavy atom. The lowest BCUT2D eigenvalue weighted by Gasteiger charge is -2.24. The van der Waals surface area contributed by atoms with Gasteiger partial charge in [0, 0.05) is 11.9 Å². The second-order valence-electron chi connectivity index (χ2n) is 6.41. The van der Waals surface area contributed by atoms with Crippen molar-refractivity contribution in [3.05, 3.63) is 71.4 Å². The molecule has 8 heteroatoms. The largest absolute Gasteiger partial charge is 0.497 e. The number of aryl methyl sites for hydroxylation is 1. The van der Waals surface area contributed by atoms with Gasteiger partial charge < -0.3 is 10.1 Å². The second kappa shape index (κ2) is 7.85. The van der Waals surface area contributed by atoms with Crippen molar-refractivity contribution in [2.75, 3.05) is 12.4 Å². The van der Waals surface area contributed by atoms with Crippen LogP contribution >= 0.6 is 0 Å². The Labute approximate surface area is 164 Å². The number of amides is 1. The zero-order valence-electron chi connectivity index (χ0n) is 15.8. The highest BCUT2D eigenvalue weighted by atomic mass is 32.2. The van der Waals surface area contributed by atoms with E-state index >= 15 is 0 Å². The number of hydrogen-bond donors (Lipinski definition) is 1. The molecule has 0 saturated carbocycles. The molecule has 0 aromatic heterocycles. The van der Waals surface area contributed by atoms with Crippen LogP contribution in [-0.4, -0.2) is 31.5 Å². The Morgan fingerprint density at radius 3 is 2.50 bits per heavy atom. The molecule has 1 aliphatic heterocycles. The maximum Gasteiger partial charge on any atom is 0.344 e. The van der Waals surface area contributed by atoms with Crippen molar-refractivity contribution >= 4 is 27.5 Å². The molecule has 0 spiro atoms. The zero-order valence-corrected chi connectivity index (χ0v) is 16.7. The molecule has 7 nitrogen and oxygen atoms in total. The first kappa shape index (κ1) is 19.6. The Morgan fingerprint density at radius 1 is 1.14 bits per heavy atom. The molecule has 0 bridgehead atoms. The molecule has 2 aromatic rings. The van der Waals surface area contributed by atoms with Crippen LogP contribution < -0.4 is 10.1 Å². The topological polar surface area (TPSA) is 88.1 Å². The number of hydrogen-bond acceptors (Lipinski definition) is 4. The summed E-state index contributed by atoms with van der Waals surface area (Å²) < 4.78 is 34.8. The Balaban J connectivity index is 1.85. The van der Waals surface area contributed by atoms with Gasteiger partial charge in [0.1, 0.15) is 5.75 Å². The van der Waals surface area contributed by atoms with Gasteiger partial charge >= 0.3 is 10.2 Å². The van der Waals surface area contributed by atoms with Crippen molar-refractivity contribution in [2.45, 2.75) is 20.4 Å². The summed E-state index contributed by atoms with van der Waals surface area (Å²) in [6.45, 7) is 3.49. The van der Waals surface area contributed by atoms with Gasteiger partial charge in [-0.3, -0.25) is 9.10 Å². The summed E-state index contributed by atoms with van der Waals surface area (Å²) in [6, 6.07) is 14.4. The van der Waals surface area contributed by atoms with Gasteiger partial charge in [0.15, 0.2) is 0 Å². The molecular weight excluding hydrogens is 378 g/mol. The number of nitrogens with one attached hydrogen (secondary N) is 1. The fourth-order valence-corrected chi connectivity index (χ4v) is 3.86. The van der Waals surface area contributed by atoms with Crippen molar-refractivity contribution in [2.24, 2.45) is 4.40 Å². The molecule has 28 heavy (non-hydrogen) atoms. The van der Waals surface area contributed by atoms with Crippen LogP contribution in [0.3, 0.4) is 0 Å². The molecular formula is C20H21N3O4S. The predicted molar refractivity (Wildman–Crippen MR) is 108 cm³/mol. The second-order valence-corrected chi connectivity index (χ2v) is 7.96. The molecule has 0 unspecified atom stereocenters. The molecule has 2 aromatic carbocycles. The van der Waals surface area contributed by atoms with Crippen LogP contribution in [0.2, 0.25) is 0 Å². The van der Waals surface area contributed by atoms with Crippen LogP contribution in [0, 0.1) is 6.92 Å². The van der Waals surface area contributed by atoms with Crippen LogP contribution in [0.4, 0.5) is 5.69 Å². The SMILES string of the molecule is COc1ccc(CN2C=C(C(=O)Nc3cccc(C)c3)C(C)=NS2(=O)=O)cc1. The van der Waals surface area contributed by atoms with E-state index in [4.69, 9.17) is 4.74 Å². The first-order chi connectivity index (χ1) is 13.3. The standard InChI is InChI=1S/C20H21N3O4S/c1-14-5-4-6-17(11-14)21-20(24)19-13-23(28(25,26)22-15(19)2)12-16-7-9-18(27-3)10-8-16/h4-11,13H,12H2,1-3H3,(H,21,24). The van der Waals surface area contributed by atoms with Gasteiger partial charge in [-0.25, -0.2) is 0 Å². The van der Waals surface area contributed by atoms with Crippen molar-refractivity contribution in [3.63, 3.8) is 0 Å². The first-order valence-corrected chi connectivity index (χ1v) is 9.99. The molecule has 1 N–H and O–H groups in total. The number of benzene rings is 2. The third-order valence-electron chi connectivity index (χ3n) is 4.23. The predicted octanol–water partition coefficient (Wildman–Crippen LogP) is 3.05. The van der Waals surface area contributed by atoms with Gasteiger partial charge in [-0.2, -0.15) is 8.42 Å². The molecule has 1 aliphatic rings. The van der Waals surface area contributed by atoms with Crippen molar-refractivity contribution in [3.8, 4) is 5.75 Å². The molecule has 3 rings (SSSR count). The highest BCUT2D eigenvalue weighted by molar-refractivity contribution is 7.88. The minimum absolute atomic E-state index is 0.0599. The molecule has 0 saturated heterocycles. The molecule has 146 valence electrons. The summed E-state index contributed by atoms with van der Waals surface area (Å²) in [6.07, 6.45) is 1.33. The van der Waals surface area contributed by atoms with Gasteiger partial charge in [0.25, 0.3) is 5.91 Å². The highest BCUT2D eigenvalue weighted by Crippen LogP contribution is 2.22. The van der Waals surface area contributed by atoms with Crippen LogP contribution in [0.5, 0.6) is 5.75 Å². The quantitative estimate of drug-likeness (QED) is 0.837. The maximum atomic E-state index is 12.7. The maximum absolute atomic E-state index is 12.7. The lowest BCUT2D eigenvalue weighted by Crippen LogP contribution is -2.32. The van der Waals surface area contributed by atoms with Gasteiger partial charge in [-0.1, -0.05) is 24.3 Å². The Hall–Kier alpha value is -3.13. The number of rotatable bonds is 5. The van der Waals surface area contributed by atoms with Gasteiger partial charge in [-0.15, -0.1) is 4.40 Å². The van der Waals surface area contributed by atoms with E-state index in [1.54, 1.807) is 37.4 Å². The number of nitrogens with zero attached hydrogens (tertiary/aromatic N) is 2. The number of methoxy groups -OCH3 is 1. The van der Waals surface area contributed by atoms with E-state index in [-0.39, 0.29) is 17.8 Å². The first-order valence-electron chi connectivity index (χ1n) is 8.60. The fraction of sp³-hybridized carbons (Fsp3) is 0.200. The molecule has 0 aliphatic carbocycles. The van der Waals surface area contributed by atoms with E-state index in [9.17, 15) is 13.2 Å². The Bertz CT molecular complexity index is 1060. The summed E-state index contributed by atoms with van der Waals surface area (Å²) in [7, 11) is -2.34. The fourth-order valence-electron chi connectivity index (χ4n) is 2.76. The molecule has 0 radical (unpaired) electrons. The number of carbonyl (C=O) groups excluding carboxylic acids is 1. The van der Waals surface area contributed by atoms with E-state index < -0.39 is 16.1 Å². The lowest BCUT2D eigenvalue weighted by atomic mass is 10.1. The van der Waals surface area contributed by atoms with Crippen molar-refractivity contribution in [1.82, 2.24) is 4.31 Å². The number of anilines is 1. The van der Waals surface area contributed by atoms with E-state index in [1.807, 2.05) is 25.1 Å². The molecule has 0 fully saturated rings. The molecule has 1 heterocycles. The summed E-state index contributed by atoms with van der Waals surface area (Å²) in [5.41, 5.74) is 2.73. The normalized spacial score (nSPS) is 15.5. The third kappa shape index (κ3) is 4.40. The molecule has 1 amide bonds. The third-order valence-corrected chi connectivity index (χ3v) is 5.56. The summed E-state index contributed by atoms with van der Waals surface area (Å²) in [4.78, 5) is 12.7. The van der Waals surface area contributed by atoms with Gasteiger partial charge in [0.05, 0.1) is 24.9 Å². The minimum atomic E-state index is -3.90. The van der Waals surface area contributed by atoms with E-state index in [2.05, 4.69) is 9.71 Å². The summed E-state index contributed by atoms with van der Waals surface area (Å²) >= 11 is 0. The number of ether oxygens (including phenoxy) is 1. The van der Waals surface area contributed by atoms with Gasteiger partial charge in [-0.05, 0) is 49.2 Å². The zero-order chi connectivity index (χ0) is 20.3. The molecule has 0 atom stereocenters. The van der Waals surface area contributed by atoms with Crippen molar-refractivity contribution < 1.29 is 17.9 Å². The van der Waals surface area contributed by atoms with Crippen LogP contribution in [-0.2, 0) is 21.5 Å². The summed E-state index contributed by atoms with van der Waals surface area (Å²) in [5, 5.41) is 2.78. The monoisotopic (exact) mass is 399 g/mol. The van der Waals surface area contributed by atoms with E-state index in [1.165, 1.54) is 13.1 Å². The smallest absolute Gasteiger partial charge is 0.344 e. The van der Waals surface area contributed by atoms with Crippen molar-refractivity contribution in [1.29, 1.82) is 0 Å². The average Bonchev–Trinajstić information content (AvgIpc) is 2.64. The van der Waals surface area contributed by atoms with E-state index in [0.717, 1.165) is 15.4 Å². The Kier molecular flexibility index (Phi) is 5.51. The summed E-state index contributed by atoms with van der Waals surface area (Å²) in [5.74, 6) is 0.259. The van der Waals surface area contributed by atoms with Crippen LogP contribution in [0.25, 0.3) is 0 Å². The number of carbonyl (C=O) groups is 1. The van der Waals surface area contributed by atoms with Crippen LogP contribution in [0.15, 0.2) is 64.7 Å². The lowest BCUT2D eigenvalue weighted by molar-refractivity contribution is -0.112.